The standard InChI is InChI=1S/C15H19NO3/c17-15(18)11-4-3-5-12(10-11)16-8-9-19-14-7-2-1-6-13(14)16/h3-5,10,13-14H,1-2,6-9H2,(H,17,18). The molecule has 102 valence electrons. The van der Waals surface area contributed by atoms with E-state index in [0.717, 1.165) is 31.7 Å². The largest absolute Gasteiger partial charge is 0.478 e. The Morgan fingerprint density at radius 1 is 1.32 bits per heavy atom. The summed E-state index contributed by atoms with van der Waals surface area (Å²) in [7, 11) is 0. The van der Waals surface area contributed by atoms with Gasteiger partial charge in [-0.1, -0.05) is 18.9 Å². The summed E-state index contributed by atoms with van der Waals surface area (Å²) in [6, 6.07) is 7.66. The lowest BCUT2D eigenvalue weighted by Gasteiger charge is -2.45. The van der Waals surface area contributed by atoms with Crippen LogP contribution in [0, 0.1) is 0 Å². The number of anilines is 1. The molecule has 1 aliphatic heterocycles. The highest BCUT2D eigenvalue weighted by atomic mass is 16.5. The third-order valence-electron chi connectivity index (χ3n) is 4.16. The van der Waals surface area contributed by atoms with Crippen molar-refractivity contribution in [3.05, 3.63) is 29.8 Å². The van der Waals surface area contributed by atoms with E-state index in [1.165, 1.54) is 12.8 Å². The second kappa shape index (κ2) is 5.21. The molecule has 0 spiro atoms. The van der Waals surface area contributed by atoms with Crippen molar-refractivity contribution in [2.75, 3.05) is 18.1 Å². The van der Waals surface area contributed by atoms with Gasteiger partial charge >= 0.3 is 5.97 Å². The van der Waals surface area contributed by atoms with Crippen molar-refractivity contribution in [3.8, 4) is 0 Å². The number of aromatic carboxylic acids is 1. The Kier molecular flexibility index (Phi) is 3.42. The van der Waals surface area contributed by atoms with Crippen molar-refractivity contribution in [2.24, 2.45) is 0 Å². The van der Waals surface area contributed by atoms with Crippen LogP contribution in [0.3, 0.4) is 0 Å². The number of benzene rings is 1. The van der Waals surface area contributed by atoms with E-state index in [2.05, 4.69) is 4.90 Å². The maximum atomic E-state index is 11.1. The molecule has 4 nitrogen and oxygen atoms in total. The van der Waals surface area contributed by atoms with Crippen LogP contribution in [0.2, 0.25) is 0 Å². The molecule has 2 aliphatic rings. The molecule has 1 saturated heterocycles. The lowest BCUT2D eigenvalue weighted by atomic mass is 9.89. The predicted octanol–water partition coefficient (Wildman–Crippen LogP) is 2.53. The van der Waals surface area contributed by atoms with Crippen molar-refractivity contribution in [3.63, 3.8) is 0 Å². The lowest BCUT2D eigenvalue weighted by Crippen LogP contribution is -2.52. The Balaban J connectivity index is 1.87. The van der Waals surface area contributed by atoms with Gasteiger partial charge in [-0.2, -0.15) is 0 Å². The van der Waals surface area contributed by atoms with Crippen LogP contribution in [0.15, 0.2) is 24.3 Å². The van der Waals surface area contributed by atoms with Crippen LogP contribution in [-0.2, 0) is 4.74 Å². The van der Waals surface area contributed by atoms with E-state index in [0.29, 0.717) is 17.7 Å². The topological polar surface area (TPSA) is 49.8 Å². The van der Waals surface area contributed by atoms with Gasteiger partial charge in [-0.25, -0.2) is 4.79 Å². The Labute approximate surface area is 113 Å². The smallest absolute Gasteiger partial charge is 0.335 e. The second-order valence-corrected chi connectivity index (χ2v) is 5.31. The number of nitrogens with zero attached hydrogens (tertiary/aromatic N) is 1. The zero-order valence-electron chi connectivity index (χ0n) is 10.9. The summed E-state index contributed by atoms with van der Waals surface area (Å²) in [4.78, 5) is 13.4. The highest BCUT2D eigenvalue weighted by Crippen LogP contribution is 2.32. The Morgan fingerprint density at radius 3 is 3.00 bits per heavy atom. The molecule has 1 heterocycles. The Bertz CT molecular complexity index is 472. The zero-order chi connectivity index (χ0) is 13.2. The quantitative estimate of drug-likeness (QED) is 0.888. The summed E-state index contributed by atoms with van der Waals surface area (Å²) in [5, 5.41) is 9.10. The van der Waals surface area contributed by atoms with Gasteiger partial charge in [0.15, 0.2) is 0 Å². The number of ether oxygens (including phenoxy) is 1. The molecule has 3 rings (SSSR count). The minimum Gasteiger partial charge on any atom is -0.478 e. The first-order valence-electron chi connectivity index (χ1n) is 6.97. The van der Waals surface area contributed by atoms with Crippen molar-refractivity contribution in [2.45, 2.75) is 37.8 Å². The van der Waals surface area contributed by atoms with E-state index in [-0.39, 0.29) is 0 Å². The molecule has 19 heavy (non-hydrogen) atoms. The minimum absolute atomic E-state index is 0.316. The van der Waals surface area contributed by atoms with Crippen molar-refractivity contribution in [1.29, 1.82) is 0 Å². The molecule has 2 unspecified atom stereocenters. The van der Waals surface area contributed by atoms with Crippen LogP contribution in [0.25, 0.3) is 0 Å². The summed E-state index contributed by atoms with van der Waals surface area (Å²) in [6.45, 7) is 1.59. The number of rotatable bonds is 2. The molecule has 1 N–H and O–H groups in total. The van der Waals surface area contributed by atoms with Crippen LogP contribution >= 0.6 is 0 Å². The first-order chi connectivity index (χ1) is 9.25. The van der Waals surface area contributed by atoms with Crippen LogP contribution in [-0.4, -0.2) is 36.4 Å². The first-order valence-corrected chi connectivity index (χ1v) is 6.97. The molecule has 0 aromatic heterocycles. The van der Waals surface area contributed by atoms with Gasteiger partial charge in [0, 0.05) is 12.2 Å². The Morgan fingerprint density at radius 2 is 2.16 bits per heavy atom. The maximum absolute atomic E-state index is 11.1. The van der Waals surface area contributed by atoms with Gasteiger partial charge in [0.2, 0.25) is 0 Å². The number of carbonyl (C=O) groups is 1. The normalized spacial score (nSPS) is 26.8. The average Bonchev–Trinajstić information content (AvgIpc) is 2.47. The molecule has 2 atom stereocenters. The van der Waals surface area contributed by atoms with Crippen LogP contribution in [0.1, 0.15) is 36.0 Å². The number of fused-ring (bicyclic) bond motifs is 1. The number of carboxylic acids is 1. The van der Waals surface area contributed by atoms with Crippen molar-refractivity contribution < 1.29 is 14.6 Å². The molecule has 0 amide bonds. The SMILES string of the molecule is O=C(O)c1cccc(N2CCOC3CCCCC32)c1. The summed E-state index contributed by atoms with van der Waals surface area (Å²) in [6.07, 6.45) is 5.06. The van der Waals surface area contributed by atoms with Gasteiger partial charge in [0.05, 0.1) is 24.3 Å². The van der Waals surface area contributed by atoms with Crippen molar-refractivity contribution >= 4 is 11.7 Å². The number of carboxylic acid groups (broad SMARTS) is 1. The second-order valence-electron chi connectivity index (χ2n) is 5.31. The van der Waals surface area contributed by atoms with E-state index in [9.17, 15) is 4.79 Å². The fraction of sp³-hybridized carbons (Fsp3) is 0.533. The molecule has 2 fully saturated rings. The fourth-order valence-corrected chi connectivity index (χ4v) is 3.23. The fourth-order valence-electron chi connectivity index (χ4n) is 3.23. The predicted molar refractivity (Wildman–Crippen MR) is 72.7 cm³/mol. The lowest BCUT2D eigenvalue weighted by molar-refractivity contribution is -0.00867. The molecule has 0 radical (unpaired) electrons. The number of hydrogen-bond acceptors (Lipinski definition) is 3. The summed E-state index contributed by atoms with van der Waals surface area (Å²) in [5.41, 5.74) is 1.37. The highest BCUT2D eigenvalue weighted by Gasteiger charge is 2.34. The molecular formula is C15H19NO3. The van der Waals surface area contributed by atoms with Gasteiger partial charge in [-0.05, 0) is 31.0 Å². The Hall–Kier alpha value is -1.55. The zero-order valence-corrected chi connectivity index (χ0v) is 10.9. The van der Waals surface area contributed by atoms with Gasteiger partial charge in [-0.3, -0.25) is 0 Å². The van der Waals surface area contributed by atoms with Crippen LogP contribution in [0.4, 0.5) is 5.69 Å². The van der Waals surface area contributed by atoms with Crippen LogP contribution < -0.4 is 4.90 Å². The monoisotopic (exact) mass is 261 g/mol. The van der Waals surface area contributed by atoms with Gasteiger partial charge in [0.1, 0.15) is 0 Å². The maximum Gasteiger partial charge on any atom is 0.335 e. The summed E-state index contributed by atoms with van der Waals surface area (Å²) < 4.78 is 5.85. The average molecular weight is 261 g/mol. The van der Waals surface area contributed by atoms with Gasteiger partial charge in [-0.15, -0.1) is 0 Å². The molecule has 4 heteroatoms. The van der Waals surface area contributed by atoms with Crippen molar-refractivity contribution in [1.82, 2.24) is 0 Å². The first kappa shape index (κ1) is 12.5. The summed E-state index contributed by atoms with van der Waals surface area (Å²) >= 11 is 0. The third kappa shape index (κ3) is 2.45. The van der Waals surface area contributed by atoms with E-state index in [1.54, 1.807) is 12.1 Å². The molecule has 1 aliphatic carbocycles. The minimum atomic E-state index is -0.865. The number of morpholine rings is 1. The molecular weight excluding hydrogens is 242 g/mol. The van der Waals surface area contributed by atoms with E-state index in [4.69, 9.17) is 9.84 Å². The van der Waals surface area contributed by atoms with E-state index >= 15 is 0 Å². The number of hydrogen-bond donors (Lipinski definition) is 1. The van der Waals surface area contributed by atoms with E-state index < -0.39 is 5.97 Å². The molecule has 1 saturated carbocycles. The van der Waals surface area contributed by atoms with Crippen LogP contribution in [0.5, 0.6) is 0 Å². The van der Waals surface area contributed by atoms with Gasteiger partial charge < -0.3 is 14.7 Å². The summed E-state index contributed by atoms with van der Waals surface area (Å²) in [5.74, 6) is -0.865. The van der Waals surface area contributed by atoms with Gasteiger partial charge in [0.25, 0.3) is 0 Å². The third-order valence-corrected chi connectivity index (χ3v) is 4.16. The highest BCUT2D eigenvalue weighted by molar-refractivity contribution is 5.88. The molecule has 1 aromatic rings. The molecule has 1 aromatic carbocycles. The van der Waals surface area contributed by atoms with E-state index in [1.807, 2.05) is 12.1 Å². The molecule has 0 bridgehead atoms.